The van der Waals surface area contributed by atoms with Crippen LogP contribution in [-0.2, 0) is 4.79 Å². The highest BCUT2D eigenvalue weighted by Crippen LogP contribution is 2.32. The van der Waals surface area contributed by atoms with Gasteiger partial charge in [0.2, 0.25) is 5.91 Å². The van der Waals surface area contributed by atoms with Crippen molar-refractivity contribution >= 4 is 40.1 Å². The molecule has 1 amide bonds. The fraction of sp³-hybridized carbons (Fsp3) is 0.280. The standard InChI is InChI=1S/C25H27ClN2O3S/c1-16(2)12-13-31-21-10-8-18(14-22(21)30-4)9-11-23(29)27-25-28-24(17(3)32-25)19-6-5-7-20(26)15-19/h5-11,14-16H,12-13H2,1-4H3,(H,27,28,29). The van der Waals surface area contributed by atoms with E-state index in [2.05, 4.69) is 24.1 Å². The second kappa shape index (κ2) is 11.2. The van der Waals surface area contributed by atoms with Crippen molar-refractivity contribution < 1.29 is 14.3 Å². The number of ether oxygens (including phenoxy) is 2. The molecule has 7 heteroatoms. The van der Waals surface area contributed by atoms with E-state index >= 15 is 0 Å². The third-order valence-corrected chi connectivity index (χ3v) is 5.81. The number of thiazole rings is 1. The fourth-order valence-electron chi connectivity index (χ4n) is 2.98. The van der Waals surface area contributed by atoms with Crippen molar-refractivity contribution in [2.45, 2.75) is 27.2 Å². The number of nitrogens with zero attached hydrogens (tertiary/aromatic N) is 1. The van der Waals surface area contributed by atoms with Gasteiger partial charge in [0, 0.05) is 21.5 Å². The summed E-state index contributed by atoms with van der Waals surface area (Å²) in [5, 5.41) is 4.02. The summed E-state index contributed by atoms with van der Waals surface area (Å²) in [6.07, 6.45) is 4.18. The molecule has 0 aliphatic rings. The van der Waals surface area contributed by atoms with Crippen molar-refractivity contribution in [3.05, 3.63) is 64.0 Å². The number of aromatic nitrogens is 1. The Balaban J connectivity index is 1.65. The lowest BCUT2D eigenvalue weighted by atomic mass is 10.1. The van der Waals surface area contributed by atoms with Gasteiger partial charge in [-0.05, 0) is 55.2 Å². The third-order valence-electron chi connectivity index (χ3n) is 4.69. The maximum atomic E-state index is 12.4. The van der Waals surface area contributed by atoms with Crippen LogP contribution < -0.4 is 14.8 Å². The van der Waals surface area contributed by atoms with Crippen molar-refractivity contribution in [2.75, 3.05) is 19.0 Å². The molecule has 0 saturated carbocycles. The van der Waals surface area contributed by atoms with Gasteiger partial charge in [0.25, 0.3) is 0 Å². The van der Waals surface area contributed by atoms with Gasteiger partial charge in [0.15, 0.2) is 16.6 Å². The first-order chi connectivity index (χ1) is 15.4. The quantitative estimate of drug-likeness (QED) is 0.347. The minimum Gasteiger partial charge on any atom is -0.493 e. The molecule has 1 aromatic heterocycles. The first kappa shape index (κ1) is 23.8. The second-order valence-corrected chi connectivity index (χ2v) is 9.34. The van der Waals surface area contributed by atoms with E-state index in [1.807, 2.05) is 49.4 Å². The van der Waals surface area contributed by atoms with Crippen LogP contribution in [0.1, 0.15) is 30.7 Å². The monoisotopic (exact) mass is 470 g/mol. The van der Waals surface area contributed by atoms with Gasteiger partial charge in [-0.2, -0.15) is 0 Å². The Morgan fingerprint density at radius 2 is 2.03 bits per heavy atom. The number of aryl methyl sites for hydroxylation is 1. The van der Waals surface area contributed by atoms with Crippen molar-refractivity contribution in [3.63, 3.8) is 0 Å². The average molecular weight is 471 g/mol. The first-order valence-corrected chi connectivity index (χ1v) is 11.6. The lowest BCUT2D eigenvalue weighted by molar-refractivity contribution is -0.111. The molecule has 3 rings (SSSR count). The largest absolute Gasteiger partial charge is 0.493 e. The smallest absolute Gasteiger partial charge is 0.250 e. The zero-order valence-electron chi connectivity index (χ0n) is 18.6. The molecule has 0 spiro atoms. The topological polar surface area (TPSA) is 60.5 Å². The first-order valence-electron chi connectivity index (χ1n) is 10.4. The van der Waals surface area contributed by atoms with Crippen LogP contribution in [-0.4, -0.2) is 24.6 Å². The average Bonchev–Trinajstić information content (AvgIpc) is 3.12. The molecule has 0 aliphatic heterocycles. The molecule has 0 bridgehead atoms. The number of anilines is 1. The highest BCUT2D eigenvalue weighted by atomic mass is 35.5. The normalized spacial score (nSPS) is 11.2. The molecule has 0 saturated heterocycles. The Hall–Kier alpha value is -2.83. The maximum absolute atomic E-state index is 12.4. The van der Waals surface area contributed by atoms with Crippen molar-refractivity contribution in [2.24, 2.45) is 5.92 Å². The molecule has 0 aliphatic carbocycles. The number of halogens is 1. The van der Waals surface area contributed by atoms with Gasteiger partial charge in [-0.3, -0.25) is 10.1 Å². The minimum atomic E-state index is -0.257. The summed E-state index contributed by atoms with van der Waals surface area (Å²) in [7, 11) is 1.60. The van der Waals surface area contributed by atoms with Gasteiger partial charge in [-0.15, -0.1) is 11.3 Å². The van der Waals surface area contributed by atoms with Crippen LogP contribution in [0.25, 0.3) is 17.3 Å². The predicted octanol–water partition coefficient (Wildman–Crippen LogP) is 6.86. The molecule has 1 heterocycles. The van der Waals surface area contributed by atoms with Crippen LogP contribution in [0.2, 0.25) is 5.02 Å². The van der Waals surface area contributed by atoms with Gasteiger partial charge in [-0.1, -0.05) is 43.6 Å². The second-order valence-electron chi connectivity index (χ2n) is 7.70. The predicted molar refractivity (Wildman–Crippen MR) is 133 cm³/mol. The van der Waals surface area contributed by atoms with E-state index in [0.29, 0.717) is 34.2 Å². The summed E-state index contributed by atoms with van der Waals surface area (Å²) in [6.45, 7) is 6.92. The SMILES string of the molecule is COc1cc(C=CC(=O)Nc2nc(-c3cccc(Cl)c3)c(C)s2)ccc1OCCC(C)C. The minimum absolute atomic E-state index is 0.257. The molecule has 32 heavy (non-hydrogen) atoms. The highest BCUT2D eigenvalue weighted by Gasteiger charge is 2.12. The van der Waals surface area contributed by atoms with E-state index in [0.717, 1.165) is 28.1 Å². The number of methoxy groups -OCH3 is 1. The number of carbonyl (C=O) groups is 1. The Morgan fingerprint density at radius 3 is 2.75 bits per heavy atom. The molecule has 2 aromatic carbocycles. The van der Waals surface area contributed by atoms with E-state index in [-0.39, 0.29) is 5.91 Å². The summed E-state index contributed by atoms with van der Waals surface area (Å²) >= 11 is 7.51. The Bertz CT molecular complexity index is 1110. The van der Waals surface area contributed by atoms with Crippen molar-refractivity contribution in [1.82, 2.24) is 4.98 Å². The van der Waals surface area contributed by atoms with Crippen molar-refractivity contribution in [1.29, 1.82) is 0 Å². The molecule has 0 fully saturated rings. The summed E-state index contributed by atoms with van der Waals surface area (Å²) in [5.74, 6) is 1.65. The molecular formula is C25H27ClN2O3S. The van der Waals surface area contributed by atoms with Gasteiger partial charge < -0.3 is 9.47 Å². The van der Waals surface area contributed by atoms with Gasteiger partial charge >= 0.3 is 0 Å². The van der Waals surface area contributed by atoms with E-state index in [9.17, 15) is 4.79 Å². The van der Waals surface area contributed by atoms with Crippen LogP contribution >= 0.6 is 22.9 Å². The summed E-state index contributed by atoms with van der Waals surface area (Å²) in [6, 6.07) is 13.1. The number of hydrogen-bond acceptors (Lipinski definition) is 5. The molecule has 5 nitrogen and oxygen atoms in total. The van der Waals surface area contributed by atoms with Crippen molar-refractivity contribution in [3.8, 4) is 22.8 Å². The van der Waals surface area contributed by atoms with Crippen LogP contribution in [0.3, 0.4) is 0 Å². The lowest BCUT2D eigenvalue weighted by Crippen LogP contribution is -2.07. The fourth-order valence-corrected chi connectivity index (χ4v) is 4.01. The zero-order valence-corrected chi connectivity index (χ0v) is 20.2. The Labute approximate surface area is 198 Å². The number of rotatable bonds is 9. The number of benzene rings is 2. The lowest BCUT2D eigenvalue weighted by Gasteiger charge is -2.12. The van der Waals surface area contributed by atoms with Gasteiger partial charge in [0.1, 0.15) is 0 Å². The van der Waals surface area contributed by atoms with E-state index in [1.165, 1.54) is 17.4 Å². The summed E-state index contributed by atoms with van der Waals surface area (Å²) in [4.78, 5) is 18.0. The molecule has 0 atom stereocenters. The van der Waals surface area contributed by atoms with Gasteiger partial charge in [0.05, 0.1) is 19.4 Å². The van der Waals surface area contributed by atoms with E-state index < -0.39 is 0 Å². The van der Waals surface area contributed by atoms with E-state index in [4.69, 9.17) is 21.1 Å². The van der Waals surface area contributed by atoms with Crippen LogP contribution in [0.4, 0.5) is 5.13 Å². The number of nitrogens with one attached hydrogen (secondary N) is 1. The number of hydrogen-bond donors (Lipinski definition) is 1. The van der Waals surface area contributed by atoms with E-state index in [1.54, 1.807) is 13.2 Å². The highest BCUT2D eigenvalue weighted by molar-refractivity contribution is 7.16. The summed E-state index contributed by atoms with van der Waals surface area (Å²) < 4.78 is 11.2. The third kappa shape index (κ3) is 6.58. The Morgan fingerprint density at radius 1 is 1.22 bits per heavy atom. The van der Waals surface area contributed by atoms with Crippen LogP contribution in [0.5, 0.6) is 11.5 Å². The molecule has 1 N–H and O–H groups in total. The molecule has 168 valence electrons. The molecule has 0 radical (unpaired) electrons. The van der Waals surface area contributed by atoms with Crippen LogP contribution in [0.15, 0.2) is 48.5 Å². The number of amides is 1. The molecule has 0 unspecified atom stereocenters. The molecule has 3 aromatic rings. The maximum Gasteiger partial charge on any atom is 0.250 e. The zero-order chi connectivity index (χ0) is 23.1. The Kier molecular flexibility index (Phi) is 8.31. The molecular weight excluding hydrogens is 444 g/mol. The van der Waals surface area contributed by atoms with Gasteiger partial charge in [-0.25, -0.2) is 4.98 Å². The summed E-state index contributed by atoms with van der Waals surface area (Å²) in [5.41, 5.74) is 2.57. The van der Waals surface area contributed by atoms with Crippen LogP contribution in [0, 0.1) is 12.8 Å². The number of carbonyl (C=O) groups excluding carboxylic acids is 1.